The molecule has 0 saturated heterocycles. The number of hydrogen-bond donors (Lipinski definition) is 0. The van der Waals surface area contributed by atoms with E-state index in [0.717, 1.165) is 21.5 Å². The number of halogens is 1. The lowest BCUT2D eigenvalue weighted by Crippen LogP contribution is -2.19. The molecule has 0 aliphatic carbocycles. The molecule has 2 aromatic carbocycles. The topological polar surface area (TPSA) is 52.8 Å². The van der Waals surface area contributed by atoms with Gasteiger partial charge in [-0.05, 0) is 42.8 Å². The van der Waals surface area contributed by atoms with Crippen LogP contribution in [0.2, 0.25) is 5.02 Å². The number of nitrogens with zero attached hydrogens (tertiary/aromatic N) is 2. The van der Waals surface area contributed by atoms with Crippen LogP contribution in [0.4, 0.5) is 0 Å². The zero-order valence-corrected chi connectivity index (χ0v) is 17.3. The van der Waals surface area contributed by atoms with Crippen LogP contribution >= 0.6 is 22.9 Å². The molecule has 146 valence electrons. The Morgan fingerprint density at radius 1 is 1.29 bits per heavy atom. The van der Waals surface area contributed by atoms with Crippen LogP contribution in [-0.4, -0.2) is 30.8 Å². The van der Waals surface area contributed by atoms with E-state index in [1.54, 1.807) is 19.3 Å². The van der Waals surface area contributed by atoms with E-state index in [1.807, 2.05) is 47.9 Å². The average molecular weight is 417 g/mol. The molecule has 3 aromatic rings. The number of ether oxygens (including phenoxy) is 2. The van der Waals surface area contributed by atoms with Crippen LogP contribution in [0.15, 0.2) is 53.5 Å². The number of amides is 1. The maximum atomic E-state index is 12.4. The van der Waals surface area contributed by atoms with Crippen molar-refractivity contribution >= 4 is 45.1 Å². The van der Waals surface area contributed by atoms with Gasteiger partial charge in [0.1, 0.15) is 5.75 Å². The summed E-state index contributed by atoms with van der Waals surface area (Å²) in [5, 5.41) is 0.590. The van der Waals surface area contributed by atoms with E-state index < -0.39 is 0 Å². The quantitative estimate of drug-likeness (QED) is 0.419. The van der Waals surface area contributed by atoms with Crippen molar-refractivity contribution in [2.75, 3.05) is 20.3 Å². The zero-order chi connectivity index (χ0) is 19.9. The van der Waals surface area contributed by atoms with Gasteiger partial charge in [0.25, 0.3) is 5.91 Å². The smallest absolute Gasteiger partial charge is 0.272 e. The fraction of sp³-hybridized carbons (Fsp3) is 0.238. The van der Waals surface area contributed by atoms with E-state index in [9.17, 15) is 4.79 Å². The van der Waals surface area contributed by atoms with E-state index in [-0.39, 0.29) is 5.91 Å². The first-order valence-corrected chi connectivity index (χ1v) is 10.1. The molecule has 7 heteroatoms. The Labute approximate surface area is 172 Å². The molecule has 0 bridgehead atoms. The van der Waals surface area contributed by atoms with Crippen LogP contribution in [-0.2, 0) is 16.1 Å². The highest BCUT2D eigenvalue weighted by molar-refractivity contribution is 7.16. The van der Waals surface area contributed by atoms with Crippen molar-refractivity contribution in [1.82, 2.24) is 4.57 Å². The van der Waals surface area contributed by atoms with Crippen molar-refractivity contribution in [2.24, 2.45) is 4.99 Å². The van der Waals surface area contributed by atoms with Gasteiger partial charge in [-0.2, -0.15) is 4.99 Å². The Hall–Kier alpha value is -2.41. The summed E-state index contributed by atoms with van der Waals surface area (Å²) in [6, 6.07) is 13.2. The molecule has 0 spiro atoms. The van der Waals surface area contributed by atoms with Gasteiger partial charge in [-0.15, -0.1) is 0 Å². The lowest BCUT2D eigenvalue weighted by Gasteiger charge is -2.05. The van der Waals surface area contributed by atoms with Gasteiger partial charge >= 0.3 is 0 Å². The summed E-state index contributed by atoms with van der Waals surface area (Å²) in [5.41, 5.74) is 1.77. The van der Waals surface area contributed by atoms with Gasteiger partial charge < -0.3 is 14.0 Å². The molecule has 0 radical (unpaired) electrons. The van der Waals surface area contributed by atoms with Crippen LogP contribution in [0, 0.1) is 0 Å². The second-order valence-electron chi connectivity index (χ2n) is 5.87. The van der Waals surface area contributed by atoms with Crippen LogP contribution in [0.25, 0.3) is 16.3 Å². The van der Waals surface area contributed by atoms with E-state index in [0.29, 0.717) is 29.6 Å². The Morgan fingerprint density at radius 2 is 2.11 bits per heavy atom. The lowest BCUT2D eigenvalue weighted by molar-refractivity contribution is -0.113. The van der Waals surface area contributed by atoms with Gasteiger partial charge in [-0.3, -0.25) is 4.79 Å². The van der Waals surface area contributed by atoms with Gasteiger partial charge in [0, 0.05) is 24.3 Å². The van der Waals surface area contributed by atoms with E-state index in [4.69, 9.17) is 21.1 Å². The van der Waals surface area contributed by atoms with Crippen molar-refractivity contribution in [3.8, 4) is 5.75 Å². The summed E-state index contributed by atoms with van der Waals surface area (Å²) < 4.78 is 13.8. The first-order chi connectivity index (χ1) is 13.6. The Balaban J connectivity index is 1.96. The first kappa shape index (κ1) is 20.3. The zero-order valence-electron chi connectivity index (χ0n) is 15.7. The molecule has 1 aromatic heterocycles. The largest absolute Gasteiger partial charge is 0.497 e. The van der Waals surface area contributed by atoms with Crippen LogP contribution in [0.1, 0.15) is 12.5 Å². The van der Waals surface area contributed by atoms with Crippen LogP contribution in [0.3, 0.4) is 0 Å². The second-order valence-corrected chi connectivity index (χ2v) is 7.29. The summed E-state index contributed by atoms with van der Waals surface area (Å²) in [5.74, 6) is 0.422. The first-order valence-electron chi connectivity index (χ1n) is 8.88. The number of aromatic nitrogens is 1. The molecule has 0 fully saturated rings. The highest BCUT2D eigenvalue weighted by atomic mass is 35.5. The third-order valence-electron chi connectivity index (χ3n) is 4.07. The third-order valence-corrected chi connectivity index (χ3v) is 5.46. The molecule has 28 heavy (non-hydrogen) atoms. The summed E-state index contributed by atoms with van der Waals surface area (Å²) >= 11 is 7.57. The molecule has 3 rings (SSSR count). The molecule has 5 nitrogen and oxygen atoms in total. The Morgan fingerprint density at radius 3 is 2.86 bits per heavy atom. The maximum absolute atomic E-state index is 12.4. The summed E-state index contributed by atoms with van der Waals surface area (Å²) in [7, 11) is 1.63. The van der Waals surface area contributed by atoms with E-state index in [2.05, 4.69) is 4.99 Å². The van der Waals surface area contributed by atoms with Gasteiger partial charge in [-0.1, -0.05) is 41.1 Å². The number of thiazole rings is 1. The van der Waals surface area contributed by atoms with Crippen LogP contribution < -0.4 is 9.54 Å². The lowest BCUT2D eigenvalue weighted by atomic mass is 10.2. The minimum Gasteiger partial charge on any atom is -0.497 e. The number of hydrogen-bond acceptors (Lipinski definition) is 4. The molecule has 0 unspecified atom stereocenters. The van der Waals surface area contributed by atoms with Gasteiger partial charge in [0.2, 0.25) is 0 Å². The summed E-state index contributed by atoms with van der Waals surface area (Å²) in [6.45, 7) is 3.75. The molecule has 0 aliphatic heterocycles. The monoisotopic (exact) mass is 416 g/mol. The average Bonchev–Trinajstić information content (AvgIpc) is 3.03. The number of carbonyl (C=O) groups excluding carboxylic acids is 1. The summed E-state index contributed by atoms with van der Waals surface area (Å²) in [6.07, 6.45) is 3.11. The van der Waals surface area contributed by atoms with Crippen molar-refractivity contribution in [3.05, 3.63) is 63.9 Å². The highest BCUT2D eigenvalue weighted by Gasteiger charge is 2.08. The van der Waals surface area contributed by atoms with Crippen LogP contribution in [0.5, 0.6) is 5.75 Å². The van der Waals surface area contributed by atoms with Gasteiger partial charge in [0.15, 0.2) is 4.80 Å². The molecular formula is C21H21ClN2O3S. The number of rotatable bonds is 7. The minimum absolute atomic E-state index is 0.344. The van der Waals surface area contributed by atoms with Gasteiger partial charge in [-0.25, -0.2) is 0 Å². The molecule has 0 saturated carbocycles. The predicted molar refractivity (Wildman–Crippen MR) is 114 cm³/mol. The van der Waals surface area contributed by atoms with E-state index >= 15 is 0 Å². The Kier molecular flexibility index (Phi) is 7.03. The third kappa shape index (κ3) is 4.90. The fourth-order valence-electron chi connectivity index (χ4n) is 2.68. The number of benzene rings is 2. The number of fused-ring (bicyclic) bond motifs is 1. The van der Waals surface area contributed by atoms with E-state index in [1.165, 1.54) is 17.4 Å². The van der Waals surface area contributed by atoms with Crippen molar-refractivity contribution < 1.29 is 14.3 Å². The highest BCUT2D eigenvalue weighted by Crippen LogP contribution is 2.23. The molecular weight excluding hydrogens is 396 g/mol. The van der Waals surface area contributed by atoms with Crippen molar-refractivity contribution in [2.45, 2.75) is 13.5 Å². The number of carbonyl (C=O) groups is 1. The van der Waals surface area contributed by atoms with Gasteiger partial charge in [0.05, 0.1) is 23.9 Å². The standard InChI is InChI=1S/C21H21ClN2O3S/c1-3-27-13-12-24-18-10-9-16(26-2)14-19(18)28-21(24)23-20(25)11-8-15-6-4-5-7-17(15)22/h4-11,14H,3,12-13H2,1-2H3. The molecule has 0 N–H and O–H groups in total. The minimum atomic E-state index is -0.344. The molecule has 0 aliphatic rings. The molecule has 1 heterocycles. The normalized spacial score (nSPS) is 12.2. The van der Waals surface area contributed by atoms with Crippen molar-refractivity contribution in [1.29, 1.82) is 0 Å². The SMILES string of the molecule is CCOCCn1c(=NC(=O)C=Cc2ccccc2Cl)sc2cc(OC)ccc21. The van der Waals surface area contributed by atoms with Crippen molar-refractivity contribution in [3.63, 3.8) is 0 Å². The molecule has 0 atom stereocenters. The second kappa shape index (κ2) is 9.68. The predicted octanol–water partition coefficient (Wildman–Crippen LogP) is 4.54. The number of methoxy groups -OCH3 is 1. The molecule has 1 amide bonds. The summed E-state index contributed by atoms with van der Waals surface area (Å²) in [4.78, 5) is 17.3. The maximum Gasteiger partial charge on any atom is 0.272 e. The Bertz CT molecular complexity index is 1070. The fourth-order valence-corrected chi connectivity index (χ4v) is 3.97.